The standard InChI is InChI=1S/C27H33N7O2/c1-18(2)26(35)32-12-7-13-33(15-14-32)27-30-22-16-20(36-4)9-10-21(22)25(31-27)28-19(3)23-17-34-11-6-5-8-24(34)29-23/h5-6,8-11,16-19H,7,12-15H2,1-4H3,(H,28,30,31)/t19-/m0/s1. The molecule has 1 aromatic carbocycles. The van der Waals surface area contributed by atoms with Crippen LogP contribution in [0.25, 0.3) is 16.6 Å². The summed E-state index contributed by atoms with van der Waals surface area (Å²) < 4.78 is 7.48. The number of anilines is 2. The normalized spacial score (nSPS) is 15.4. The molecule has 4 aromatic rings. The molecule has 1 fully saturated rings. The van der Waals surface area contributed by atoms with E-state index in [0.29, 0.717) is 19.0 Å². The van der Waals surface area contributed by atoms with Gasteiger partial charge in [-0.25, -0.2) is 9.97 Å². The van der Waals surface area contributed by atoms with E-state index in [4.69, 9.17) is 19.7 Å². The molecule has 0 aliphatic carbocycles. The second kappa shape index (κ2) is 10.0. The van der Waals surface area contributed by atoms with Crippen molar-refractivity contribution in [1.82, 2.24) is 24.3 Å². The summed E-state index contributed by atoms with van der Waals surface area (Å²) >= 11 is 0. The average molecular weight is 488 g/mol. The Bertz CT molecular complexity index is 1350. The molecule has 0 unspecified atom stereocenters. The Hall–Kier alpha value is -3.88. The third-order valence-electron chi connectivity index (χ3n) is 6.66. The van der Waals surface area contributed by atoms with Crippen molar-refractivity contribution in [3.8, 4) is 5.75 Å². The zero-order valence-corrected chi connectivity index (χ0v) is 21.3. The van der Waals surface area contributed by atoms with E-state index < -0.39 is 0 Å². The van der Waals surface area contributed by atoms with Crippen molar-refractivity contribution < 1.29 is 9.53 Å². The summed E-state index contributed by atoms with van der Waals surface area (Å²) in [6.07, 6.45) is 4.91. The Morgan fingerprint density at radius 3 is 2.67 bits per heavy atom. The first-order chi connectivity index (χ1) is 17.4. The molecule has 4 heterocycles. The van der Waals surface area contributed by atoms with Crippen LogP contribution in [-0.4, -0.2) is 63.4 Å². The molecule has 5 rings (SSSR count). The predicted molar refractivity (Wildman–Crippen MR) is 142 cm³/mol. The largest absolute Gasteiger partial charge is 0.497 e. The third-order valence-corrected chi connectivity index (χ3v) is 6.66. The number of aromatic nitrogens is 4. The lowest BCUT2D eigenvalue weighted by Gasteiger charge is -2.24. The number of amides is 1. The highest BCUT2D eigenvalue weighted by Gasteiger charge is 2.23. The van der Waals surface area contributed by atoms with Crippen LogP contribution in [0.5, 0.6) is 5.75 Å². The molecule has 0 spiro atoms. The van der Waals surface area contributed by atoms with Gasteiger partial charge in [0.1, 0.15) is 17.2 Å². The van der Waals surface area contributed by atoms with Crippen LogP contribution in [0.4, 0.5) is 11.8 Å². The molecule has 36 heavy (non-hydrogen) atoms. The summed E-state index contributed by atoms with van der Waals surface area (Å²) in [5.41, 5.74) is 2.65. The number of rotatable bonds is 6. The lowest BCUT2D eigenvalue weighted by atomic mass is 10.2. The second-order valence-corrected chi connectivity index (χ2v) is 9.57. The number of pyridine rings is 1. The van der Waals surface area contributed by atoms with Gasteiger partial charge in [0.25, 0.3) is 0 Å². The van der Waals surface area contributed by atoms with Gasteiger partial charge >= 0.3 is 0 Å². The number of nitrogens with one attached hydrogen (secondary N) is 1. The van der Waals surface area contributed by atoms with Crippen molar-refractivity contribution in [2.24, 2.45) is 5.92 Å². The lowest BCUT2D eigenvalue weighted by Crippen LogP contribution is -2.37. The van der Waals surface area contributed by atoms with Gasteiger partial charge in [-0.2, -0.15) is 4.98 Å². The maximum Gasteiger partial charge on any atom is 0.227 e. The lowest BCUT2D eigenvalue weighted by molar-refractivity contribution is -0.134. The van der Waals surface area contributed by atoms with E-state index >= 15 is 0 Å². The number of hydrogen-bond acceptors (Lipinski definition) is 7. The molecule has 0 radical (unpaired) electrons. The molecule has 0 bridgehead atoms. The molecule has 1 saturated heterocycles. The van der Waals surface area contributed by atoms with E-state index in [1.807, 2.05) is 71.9 Å². The minimum absolute atomic E-state index is 0.00201. The van der Waals surface area contributed by atoms with E-state index in [2.05, 4.69) is 17.1 Å². The Morgan fingerprint density at radius 1 is 1.03 bits per heavy atom. The van der Waals surface area contributed by atoms with Crippen LogP contribution in [0.1, 0.15) is 38.9 Å². The molecule has 1 aliphatic rings. The van der Waals surface area contributed by atoms with Crippen LogP contribution in [0.15, 0.2) is 48.8 Å². The molecule has 1 N–H and O–H groups in total. The zero-order valence-electron chi connectivity index (χ0n) is 21.3. The van der Waals surface area contributed by atoms with E-state index in [0.717, 1.165) is 53.3 Å². The van der Waals surface area contributed by atoms with Crippen LogP contribution in [0.2, 0.25) is 0 Å². The summed E-state index contributed by atoms with van der Waals surface area (Å²) in [7, 11) is 1.66. The van der Waals surface area contributed by atoms with Gasteiger partial charge < -0.3 is 24.3 Å². The summed E-state index contributed by atoms with van der Waals surface area (Å²) in [4.78, 5) is 31.3. The first-order valence-electron chi connectivity index (χ1n) is 12.5. The van der Waals surface area contributed by atoms with Crippen molar-refractivity contribution in [3.63, 3.8) is 0 Å². The number of ether oxygens (including phenoxy) is 1. The van der Waals surface area contributed by atoms with Crippen molar-refractivity contribution in [1.29, 1.82) is 0 Å². The number of benzene rings is 1. The number of hydrogen-bond donors (Lipinski definition) is 1. The molecule has 9 nitrogen and oxygen atoms in total. The Morgan fingerprint density at radius 2 is 1.89 bits per heavy atom. The number of nitrogens with zero attached hydrogens (tertiary/aromatic N) is 6. The van der Waals surface area contributed by atoms with Crippen LogP contribution in [0, 0.1) is 5.92 Å². The summed E-state index contributed by atoms with van der Waals surface area (Å²) in [5.74, 6) is 2.35. The van der Waals surface area contributed by atoms with Gasteiger partial charge in [0.05, 0.1) is 24.4 Å². The molecular formula is C27H33N7O2. The summed E-state index contributed by atoms with van der Waals surface area (Å²) in [5, 5.41) is 4.50. The van der Waals surface area contributed by atoms with Gasteiger partial charge in [-0.3, -0.25) is 4.79 Å². The number of methoxy groups -OCH3 is 1. The van der Waals surface area contributed by atoms with Crippen molar-refractivity contribution in [2.75, 3.05) is 43.5 Å². The van der Waals surface area contributed by atoms with Gasteiger partial charge in [0.2, 0.25) is 11.9 Å². The number of carbonyl (C=O) groups is 1. The van der Waals surface area contributed by atoms with E-state index in [1.54, 1.807) is 7.11 Å². The topological polar surface area (TPSA) is 87.9 Å². The van der Waals surface area contributed by atoms with E-state index in [9.17, 15) is 4.79 Å². The Balaban J connectivity index is 1.47. The molecule has 3 aromatic heterocycles. The number of carbonyl (C=O) groups excluding carboxylic acids is 1. The van der Waals surface area contributed by atoms with Gasteiger partial charge in [-0.15, -0.1) is 0 Å². The number of imidazole rings is 1. The average Bonchev–Trinajstić information content (AvgIpc) is 3.18. The van der Waals surface area contributed by atoms with Crippen LogP contribution >= 0.6 is 0 Å². The first-order valence-corrected chi connectivity index (χ1v) is 12.5. The maximum absolute atomic E-state index is 12.6. The quantitative estimate of drug-likeness (QED) is 0.437. The molecule has 0 saturated carbocycles. The highest BCUT2D eigenvalue weighted by molar-refractivity contribution is 5.91. The highest BCUT2D eigenvalue weighted by Crippen LogP contribution is 2.30. The molecular weight excluding hydrogens is 454 g/mol. The van der Waals surface area contributed by atoms with Gasteiger partial charge in [0.15, 0.2) is 0 Å². The molecule has 1 amide bonds. The summed E-state index contributed by atoms with van der Waals surface area (Å²) in [6, 6.07) is 11.8. The number of fused-ring (bicyclic) bond motifs is 2. The fourth-order valence-corrected chi connectivity index (χ4v) is 4.62. The first kappa shape index (κ1) is 23.8. The van der Waals surface area contributed by atoms with Crippen molar-refractivity contribution in [3.05, 3.63) is 54.5 Å². The smallest absolute Gasteiger partial charge is 0.227 e. The molecule has 9 heteroatoms. The van der Waals surface area contributed by atoms with Gasteiger partial charge in [-0.1, -0.05) is 19.9 Å². The minimum atomic E-state index is -0.0683. The highest BCUT2D eigenvalue weighted by atomic mass is 16.5. The Labute approximate surface area is 211 Å². The summed E-state index contributed by atoms with van der Waals surface area (Å²) in [6.45, 7) is 8.89. The van der Waals surface area contributed by atoms with Crippen LogP contribution in [0.3, 0.4) is 0 Å². The fourth-order valence-electron chi connectivity index (χ4n) is 4.62. The third kappa shape index (κ3) is 4.78. The van der Waals surface area contributed by atoms with Crippen molar-refractivity contribution >= 4 is 34.2 Å². The predicted octanol–water partition coefficient (Wildman–Crippen LogP) is 4.15. The van der Waals surface area contributed by atoms with Gasteiger partial charge in [-0.05, 0) is 37.6 Å². The maximum atomic E-state index is 12.6. The van der Waals surface area contributed by atoms with Crippen LogP contribution in [-0.2, 0) is 4.79 Å². The minimum Gasteiger partial charge on any atom is -0.497 e. The van der Waals surface area contributed by atoms with E-state index in [-0.39, 0.29) is 17.9 Å². The van der Waals surface area contributed by atoms with Crippen LogP contribution < -0.4 is 15.0 Å². The van der Waals surface area contributed by atoms with Gasteiger partial charge in [0, 0.05) is 55.9 Å². The zero-order chi connectivity index (χ0) is 25.2. The molecule has 188 valence electrons. The Kier molecular flexibility index (Phi) is 6.63. The monoisotopic (exact) mass is 487 g/mol. The molecule has 1 aliphatic heterocycles. The fraction of sp³-hybridized carbons (Fsp3) is 0.407. The van der Waals surface area contributed by atoms with E-state index in [1.165, 1.54) is 0 Å². The SMILES string of the molecule is COc1ccc2c(N[C@@H](C)c3cn4ccccc4n3)nc(N3CCCN(C(=O)C(C)C)CC3)nc2c1. The molecule has 1 atom stereocenters. The second-order valence-electron chi connectivity index (χ2n) is 9.57. The van der Waals surface area contributed by atoms with Crippen molar-refractivity contribution in [2.45, 2.75) is 33.2 Å².